The summed E-state index contributed by atoms with van der Waals surface area (Å²) in [6.45, 7) is 0. The third-order valence-electron chi connectivity index (χ3n) is 8.45. The molecule has 0 aliphatic carbocycles. The highest BCUT2D eigenvalue weighted by atomic mass is 32.1. The lowest BCUT2D eigenvalue weighted by Gasteiger charge is -2.29. The van der Waals surface area contributed by atoms with Gasteiger partial charge < -0.3 is 9.64 Å². The molecule has 3 heteroatoms. The van der Waals surface area contributed by atoms with Gasteiger partial charge in [-0.05, 0) is 71.3 Å². The van der Waals surface area contributed by atoms with E-state index >= 15 is 0 Å². The third-order valence-corrected chi connectivity index (χ3v) is 9.59. The number of anilines is 3. The second kappa shape index (κ2) is 9.59. The van der Waals surface area contributed by atoms with Crippen LogP contribution in [0.4, 0.5) is 17.1 Å². The molecule has 0 saturated carbocycles. The lowest BCUT2D eigenvalue weighted by atomic mass is 9.92. The van der Waals surface area contributed by atoms with E-state index in [1.807, 2.05) is 17.4 Å². The molecule has 0 fully saturated rings. The van der Waals surface area contributed by atoms with Gasteiger partial charge in [-0.25, -0.2) is 0 Å². The molecule has 0 N–H and O–H groups in total. The van der Waals surface area contributed by atoms with Crippen molar-refractivity contribution in [1.82, 2.24) is 0 Å². The topological polar surface area (TPSA) is 12.5 Å². The first-order chi connectivity index (χ1) is 21.3. The lowest BCUT2D eigenvalue weighted by molar-refractivity contribution is 0.487. The van der Waals surface area contributed by atoms with Crippen LogP contribution in [0.25, 0.3) is 53.2 Å². The summed E-state index contributed by atoms with van der Waals surface area (Å²) < 4.78 is 9.23. The highest BCUT2D eigenvalue weighted by Crippen LogP contribution is 2.51. The second-order valence-electron chi connectivity index (χ2n) is 10.9. The Kier molecular flexibility index (Phi) is 5.40. The van der Waals surface area contributed by atoms with Gasteiger partial charge in [0.05, 0.1) is 5.69 Å². The Balaban J connectivity index is 1.24. The van der Waals surface area contributed by atoms with Crippen molar-refractivity contribution < 1.29 is 4.74 Å². The van der Waals surface area contributed by atoms with E-state index in [1.54, 1.807) is 0 Å². The fraction of sp³-hybridized carbons (Fsp3) is 0. The number of hydrogen-bond donors (Lipinski definition) is 0. The zero-order chi connectivity index (χ0) is 28.3. The number of ether oxygens (including phenoxy) is 1. The Bertz CT molecular complexity index is 2320. The molecule has 2 heterocycles. The van der Waals surface area contributed by atoms with E-state index in [-0.39, 0.29) is 0 Å². The summed E-state index contributed by atoms with van der Waals surface area (Å²) in [6.07, 6.45) is 0. The molecular formula is C40H25NOS. The van der Waals surface area contributed by atoms with E-state index < -0.39 is 0 Å². The fourth-order valence-electron chi connectivity index (χ4n) is 6.48. The summed E-state index contributed by atoms with van der Waals surface area (Å²) in [4.78, 5) is 2.38. The van der Waals surface area contributed by atoms with Crippen LogP contribution in [-0.4, -0.2) is 0 Å². The number of hydrogen-bond acceptors (Lipinski definition) is 3. The molecule has 9 rings (SSSR count). The van der Waals surface area contributed by atoms with Crippen molar-refractivity contribution in [3.63, 3.8) is 0 Å². The van der Waals surface area contributed by atoms with Crippen LogP contribution < -0.4 is 9.64 Å². The molecule has 0 unspecified atom stereocenters. The number of benzene rings is 7. The maximum absolute atomic E-state index is 6.63. The van der Waals surface area contributed by atoms with Crippen LogP contribution in [0.2, 0.25) is 0 Å². The zero-order valence-electron chi connectivity index (χ0n) is 23.2. The highest BCUT2D eigenvalue weighted by molar-refractivity contribution is 7.25. The standard InChI is InChI=1S/C40H25NOS/c1-3-10-26(11-4-1)27-18-20-30-33-15-9-16-34-35(22-23-36(40(33)34)42-37(30)24-27)41(28-12-5-2-6-13-28)29-19-21-32-31-14-7-8-17-38(31)43-39(32)25-29/h1-25H. The number of fused-ring (bicyclic) bond motifs is 5. The summed E-state index contributed by atoms with van der Waals surface area (Å²) >= 11 is 1.85. The van der Waals surface area contributed by atoms with Gasteiger partial charge in [0, 0.05) is 47.9 Å². The molecule has 1 aromatic heterocycles. The quantitative estimate of drug-likeness (QED) is 0.210. The second-order valence-corrected chi connectivity index (χ2v) is 12.0. The van der Waals surface area contributed by atoms with Crippen LogP contribution in [0.5, 0.6) is 11.5 Å². The average Bonchev–Trinajstić information content (AvgIpc) is 3.44. The maximum atomic E-state index is 6.63. The normalized spacial score (nSPS) is 11.9. The Morgan fingerprint density at radius 1 is 0.442 bits per heavy atom. The monoisotopic (exact) mass is 567 g/mol. The van der Waals surface area contributed by atoms with Gasteiger partial charge in [-0.15, -0.1) is 11.3 Å². The predicted octanol–water partition coefficient (Wildman–Crippen LogP) is 12.1. The van der Waals surface area contributed by atoms with Crippen LogP contribution in [0.15, 0.2) is 152 Å². The predicted molar refractivity (Wildman–Crippen MR) is 182 cm³/mol. The molecule has 1 aliphatic rings. The van der Waals surface area contributed by atoms with Crippen LogP contribution in [0, 0.1) is 0 Å². The van der Waals surface area contributed by atoms with Crippen molar-refractivity contribution in [2.75, 3.05) is 4.90 Å². The molecule has 2 nitrogen and oxygen atoms in total. The molecule has 0 spiro atoms. The minimum Gasteiger partial charge on any atom is -0.456 e. The van der Waals surface area contributed by atoms with E-state index in [2.05, 4.69) is 150 Å². The van der Waals surface area contributed by atoms with Crippen molar-refractivity contribution in [3.05, 3.63) is 152 Å². The molecule has 8 aromatic rings. The summed E-state index contributed by atoms with van der Waals surface area (Å²) in [5.41, 5.74) is 8.03. The summed E-state index contributed by atoms with van der Waals surface area (Å²) in [7, 11) is 0. The smallest absolute Gasteiger partial charge is 0.136 e. The number of thiophene rings is 1. The highest BCUT2D eigenvalue weighted by Gasteiger charge is 2.24. The number of rotatable bonds is 4. The van der Waals surface area contributed by atoms with Gasteiger partial charge in [0.2, 0.25) is 0 Å². The first-order valence-electron chi connectivity index (χ1n) is 14.5. The van der Waals surface area contributed by atoms with Gasteiger partial charge in [0.1, 0.15) is 11.5 Å². The Morgan fingerprint density at radius 2 is 1.21 bits per heavy atom. The Morgan fingerprint density at radius 3 is 2.09 bits per heavy atom. The molecule has 0 atom stereocenters. The SMILES string of the molecule is c1ccc(-c2ccc3c(c2)Oc2ccc(N(c4ccccc4)c4ccc5c(c4)sc4ccccc45)c4cccc-3c24)cc1. The third kappa shape index (κ3) is 3.86. The molecule has 202 valence electrons. The number of para-hydroxylation sites is 1. The van der Waals surface area contributed by atoms with Gasteiger partial charge in [0.15, 0.2) is 0 Å². The van der Waals surface area contributed by atoms with Crippen molar-refractivity contribution in [1.29, 1.82) is 0 Å². The largest absolute Gasteiger partial charge is 0.456 e. The van der Waals surface area contributed by atoms with Gasteiger partial charge in [-0.3, -0.25) is 0 Å². The van der Waals surface area contributed by atoms with Crippen molar-refractivity contribution in [2.45, 2.75) is 0 Å². The molecule has 1 aliphatic heterocycles. The molecule has 0 amide bonds. The van der Waals surface area contributed by atoms with E-state index in [0.717, 1.165) is 50.5 Å². The van der Waals surface area contributed by atoms with Crippen molar-refractivity contribution in [2.24, 2.45) is 0 Å². The summed E-state index contributed by atoms with van der Waals surface area (Å²) in [5.74, 6) is 1.78. The molecule has 43 heavy (non-hydrogen) atoms. The van der Waals surface area contributed by atoms with Crippen molar-refractivity contribution >= 4 is 59.3 Å². The minimum absolute atomic E-state index is 0.889. The van der Waals surface area contributed by atoms with E-state index in [0.29, 0.717) is 0 Å². The molecule has 0 saturated heterocycles. The minimum atomic E-state index is 0.889. The maximum Gasteiger partial charge on any atom is 0.136 e. The molecule has 0 radical (unpaired) electrons. The molecule has 7 aromatic carbocycles. The van der Waals surface area contributed by atoms with Gasteiger partial charge in [-0.2, -0.15) is 0 Å². The summed E-state index contributed by atoms with van der Waals surface area (Å²) in [5, 5.41) is 4.92. The first-order valence-corrected chi connectivity index (χ1v) is 15.3. The fourth-order valence-corrected chi connectivity index (χ4v) is 7.62. The number of nitrogens with zero attached hydrogens (tertiary/aromatic N) is 1. The Labute approximate surface area is 253 Å². The van der Waals surface area contributed by atoms with E-state index in [4.69, 9.17) is 4.74 Å². The van der Waals surface area contributed by atoms with Crippen LogP contribution >= 0.6 is 11.3 Å². The van der Waals surface area contributed by atoms with Crippen LogP contribution in [0.1, 0.15) is 0 Å². The van der Waals surface area contributed by atoms with Gasteiger partial charge >= 0.3 is 0 Å². The lowest BCUT2D eigenvalue weighted by Crippen LogP contribution is -2.11. The van der Waals surface area contributed by atoms with E-state index in [9.17, 15) is 0 Å². The molecular weight excluding hydrogens is 543 g/mol. The van der Waals surface area contributed by atoms with Crippen LogP contribution in [0.3, 0.4) is 0 Å². The van der Waals surface area contributed by atoms with Crippen molar-refractivity contribution in [3.8, 4) is 33.8 Å². The van der Waals surface area contributed by atoms with E-state index in [1.165, 1.54) is 31.3 Å². The molecule has 0 bridgehead atoms. The van der Waals surface area contributed by atoms with Crippen LogP contribution in [-0.2, 0) is 0 Å². The van der Waals surface area contributed by atoms with Gasteiger partial charge in [0.25, 0.3) is 0 Å². The Hall–Kier alpha value is -5.38. The van der Waals surface area contributed by atoms with Gasteiger partial charge in [-0.1, -0.05) is 97.1 Å². The summed E-state index contributed by atoms with van der Waals surface area (Å²) in [6, 6.07) is 54.1. The average molecular weight is 568 g/mol. The zero-order valence-corrected chi connectivity index (χ0v) is 24.0. The first kappa shape index (κ1) is 24.2.